The molecule has 39 valence electrons. The van der Waals surface area contributed by atoms with E-state index in [4.69, 9.17) is 0 Å². The van der Waals surface area contributed by atoms with E-state index in [0.717, 1.165) is 0 Å². The molecule has 0 aliphatic carbocycles. The van der Waals surface area contributed by atoms with Crippen LogP contribution in [-0.2, 0) is 19.5 Å². The van der Waals surface area contributed by atoms with Gasteiger partial charge in [0.1, 0.15) is 0 Å². The largest absolute Gasteiger partial charge is 1.00 e. The summed E-state index contributed by atoms with van der Waals surface area (Å²) in [4.78, 5) is 3.66. The molecule has 0 fully saturated rings. The molecule has 1 radical (unpaired) electrons. The first-order valence-corrected chi connectivity index (χ1v) is 1.77. The summed E-state index contributed by atoms with van der Waals surface area (Å²) in [7, 11) is 0. The van der Waals surface area contributed by atoms with Crippen molar-refractivity contribution in [2.45, 2.75) is 0 Å². The van der Waals surface area contributed by atoms with Crippen LogP contribution in [-0.4, -0.2) is 4.98 Å². The first-order valence-electron chi connectivity index (χ1n) is 1.77. The maximum absolute atomic E-state index is 3.66. The summed E-state index contributed by atoms with van der Waals surface area (Å²) in [6.45, 7) is 0. The summed E-state index contributed by atoms with van der Waals surface area (Å²) in [6.07, 6.45) is 4.34. The van der Waals surface area contributed by atoms with E-state index < -0.39 is 0 Å². The van der Waals surface area contributed by atoms with Crippen molar-refractivity contribution in [1.29, 1.82) is 0 Å². The minimum absolute atomic E-state index is 0. The first kappa shape index (κ1) is 11.1. The molecule has 0 bridgehead atoms. The third kappa shape index (κ3) is 4.41. The maximum atomic E-state index is 3.66. The van der Waals surface area contributed by atoms with Gasteiger partial charge in [0.2, 0.25) is 0 Å². The van der Waals surface area contributed by atoms with E-state index in [9.17, 15) is 0 Å². The van der Waals surface area contributed by atoms with Crippen molar-refractivity contribution >= 4 is 0 Å². The molecular formula is C5H4BrNZn-. The number of halogens is 1. The number of pyridine rings is 1. The van der Waals surface area contributed by atoms with Crippen LogP contribution in [0.25, 0.3) is 0 Å². The van der Waals surface area contributed by atoms with Gasteiger partial charge in [-0.15, -0.1) is 0 Å². The van der Waals surface area contributed by atoms with Gasteiger partial charge in [-0.2, -0.15) is 0 Å². The van der Waals surface area contributed by atoms with Crippen LogP contribution < -0.4 is 17.0 Å². The zero-order valence-electron chi connectivity index (χ0n) is 4.34. The first-order chi connectivity index (χ1) is 3.00. The Labute approximate surface area is 72.0 Å². The van der Waals surface area contributed by atoms with E-state index in [1.165, 1.54) is 0 Å². The summed E-state index contributed by atoms with van der Waals surface area (Å²) in [5.74, 6) is 0. The van der Waals surface area contributed by atoms with Crippen molar-refractivity contribution in [2.75, 3.05) is 0 Å². The quantitative estimate of drug-likeness (QED) is 0.459. The minimum Gasteiger partial charge on any atom is -1.00 e. The molecule has 0 unspecified atom stereocenters. The van der Waals surface area contributed by atoms with Gasteiger partial charge in [-0.05, 0) is 12.1 Å². The molecule has 1 heterocycles. The van der Waals surface area contributed by atoms with E-state index in [0.29, 0.717) is 0 Å². The van der Waals surface area contributed by atoms with Gasteiger partial charge in [0.15, 0.2) is 0 Å². The fraction of sp³-hybridized carbons (Fsp3) is 0. The zero-order chi connectivity index (χ0) is 4.24. The Hall–Kier alpha value is 0.253. The summed E-state index contributed by atoms with van der Waals surface area (Å²) < 4.78 is 0. The second-order valence-electron chi connectivity index (χ2n) is 0.959. The van der Waals surface area contributed by atoms with Crippen LogP contribution in [0.2, 0.25) is 0 Å². The van der Waals surface area contributed by atoms with Gasteiger partial charge in [-0.1, -0.05) is 6.07 Å². The maximum Gasteiger partial charge on any atom is 0.0886 e. The fourth-order valence-corrected chi connectivity index (χ4v) is 0.277. The van der Waals surface area contributed by atoms with Crippen LogP contribution in [0.5, 0.6) is 0 Å². The van der Waals surface area contributed by atoms with E-state index in [1.54, 1.807) is 12.3 Å². The van der Waals surface area contributed by atoms with Crippen molar-refractivity contribution in [1.82, 2.24) is 4.98 Å². The van der Waals surface area contributed by atoms with E-state index in [1.807, 2.05) is 12.1 Å². The molecule has 0 aromatic carbocycles. The van der Waals surface area contributed by atoms with E-state index >= 15 is 0 Å². The summed E-state index contributed by atoms with van der Waals surface area (Å²) in [5, 5.41) is 0. The smallest absolute Gasteiger partial charge is 0.0886 e. The molecule has 0 saturated carbocycles. The van der Waals surface area contributed by atoms with Crippen LogP contribution in [0.4, 0.5) is 0 Å². The number of aromatic nitrogens is 1. The van der Waals surface area contributed by atoms with Gasteiger partial charge >= 0.3 is 0 Å². The minimum atomic E-state index is 0. The molecule has 3 heteroatoms. The monoisotopic (exact) mass is 221 g/mol. The van der Waals surface area contributed by atoms with Crippen molar-refractivity contribution < 1.29 is 36.5 Å². The average Bonchev–Trinajstić information content (AvgIpc) is 1.72. The molecule has 1 nitrogen and oxygen atoms in total. The molecule has 0 saturated heterocycles. The Balaban J connectivity index is 0. The molecule has 0 N–H and O–H groups in total. The second kappa shape index (κ2) is 7.25. The standard InChI is InChI=1S/C5H4N.BrH.Zn/c1-2-4-6-5-3-1;;/h1-4H;1H;/p-1. The van der Waals surface area contributed by atoms with Crippen LogP contribution in [0, 0.1) is 6.20 Å². The molecule has 1 aromatic heterocycles. The zero-order valence-corrected chi connectivity index (χ0v) is 8.89. The Kier molecular flexibility index (Phi) is 10.1. The molecule has 0 amide bonds. The molecule has 0 spiro atoms. The Morgan fingerprint density at radius 3 is 2.12 bits per heavy atom. The Bertz CT molecular complexity index is 84.4. The van der Waals surface area contributed by atoms with Crippen LogP contribution in [0.1, 0.15) is 0 Å². The van der Waals surface area contributed by atoms with E-state index in [-0.39, 0.29) is 36.5 Å². The van der Waals surface area contributed by atoms with Gasteiger partial charge in [-0.25, -0.2) is 0 Å². The van der Waals surface area contributed by atoms with Gasteiger partial charge < -0.3 is 17.0 Å². The fourth-order valence-electron chi connectivity index (χ4n) is 0.277. The topological polar surface area (TPSA) is 12.9 Å². The van der Waals surface area contributed by atoms with Crippen LogP contribution >= 0.6 is 0 Å². The molecule has 8 heavy (non-hydrogen) atoms. The molecule has 0 aliphatic rings. The number of rotatable bonds is 0. The summed E-state index contributed by atoms with van der Waals surface area (Å²) in [6, 6.07) is 5.50. The van der Waals surface area contributed by atoms with Gasteiger partial charge in [0.25, 0.3) is 0 Å². The number of hydrogen-bond donors (Lipinski definition) is 0. The predicted molar refractivity (Wildman–Crippen MR) is 23.1 cm³/mol. The van der Waals surface area contributed by atoms with Crippen molar-refractivity contribution in [3.05, 3.63) is 30.6 Å². The third-order valence-corrected chi connectivity index (χ3v) is 0.517. The van der Waals surface area contributed by atoms with E-state index in [2.05, 4.69) is 11.2 Å². The van der Waals surface area contributed by atoms with Crippen molar-refractivity contribution in [3.8, 4) is 0 Å². The molecule has 0 atom stereocenters. The Morgan fingerprint density at radius 2 is 2.00 bits per heavy atom. The predicted octanol–water partition coefficient (Wildman–Crippen LogP) is -2.12. The summed E-state index contributed by atoms with van der Waals surface area (Å²) in [5.41, 5.74) is 0. The van der Waals surface area contributed by atoms with Crippen molar-refractivity contribution in [3.63, 3.8) is 0 Å². The average molecular weight is 223 g/mol. The molecule has 1 aromatic rings. The number of hydrogen-bond acceptors (Lipinski definition) is 1. The van der Waals surface area contributed by atoms with Gasteiger partial charge in [-0.3, -0.25) is 4.98 Å². The number of nitrogens with zero attached hydrogens (tertiary/aromatic N) is 1. The molecule has 1 rings (SSSR count). The van der Waals surface area contributed by atoms with Crippen molar-refractivity contribution in [2.24, 2.45) is 0 Å². The third-order valence-electron chi connectivity index (χ3n) is 0.517. The van der Waals surface area contributed by atoms with Gasteiger partial charge in [0.05, 0.1) is 6.20 Å². The van der Waals surface area contributed by atoms with Crippen LogP contribution in [0.15, 0.2) is 24.4 Å². The second-order valence-corrected chi connectivity index (χ2v) is 0.959. The molecule has 0 aliphatic heterocycles. The SMILES string of the molecule is [Br-].[Zn].[c]1ccccn1. The normalized spacial score (nSPS) is 6.00. The van der Waals surface area contributed by atoms with Gasteiger partial charge in [0, 0.05) is 25.7 Å². The van der Waals surface area contributed by atoms with Crippen LogP contribution in [0.3, 0.4) is 0 Å². The Morgan fingerprint density at radius 1 is 1.25 bits per heavy atom. The molecular weight excluding hydrogens is 219 g/mol. The summed E-state index contributed by atoms with van der Waals surface area (Å²) >= 11 is 0.